The zero-order valence-corrected chi connectivity index (χ0v) is 27.1. The summed E-state index contributed by atoms with van der Waals surface area (Å²) in [6, 6.07) is 59.8. The lowest BCUT2D eigenvalue weighted by Crippen LogP contribution is -2.25. The van der Waals surface area contributed by atoms with E-state index in [1.54, 1.807) is 0 Å². The van der Waals surface area contributed by atoms with Crippen LogP contribution in [0.5, 0.6) is 0 Å². The smallest absolute Gasteiger partial charge is 0.159 e. The van der Waals surface area contributed by atoms with Crippen LogP contribution in [0.3, 0.4) is 0 Å². The van der Waals surface area contributed by atoms with Crippen molar-refractivity contribution in [2.75, 3.05) is 0 Å². The first-order chi connectivity index (χ1) is 24.8. The molecular formula is C46H31N3O. The first kappa shape index (κ1) is 28.4. The van der Waals surface area contributed by atoms with Crippen molar-refractivity contribution in [1.29, 1.82) is 0 Å². The summed E-state index contributed by atoms with van der Waals surface area (Å²) in [7, 11) is 0. The monoisotopic (exact) mass is 641 g/mol. The van der Waals surface area contributed by atoms with Gasteiger partial charge in [0.2, 0.25) is 0 Å². The number of fused-ring (bicyclic) bond motifs is 6. The van der Waals surface area contributed by atoms with E-state index in [0.29, 0.717) is 0 Å². The van der Waals surface area contributed by atoms with Gasteiger partial charge in [-0.1, -0.05) is 140 Å². The van der Waals surface area contributed by atoms with Crippen molar-refractivity contribution < 1.29 is 4.42 Å². The average molecular weight is 642 g/mol. The van der Waals surface area contributed by atoms with Gasteiger partial charge in [-0.05, 0) is 64.2 Å². The zero-order valence-electron chi connectivity index (χ0n) is 27.1. The number of para-hydroxylation sites is 3. The van der Waals surface area contributed by atoms with E-state index < -0.39 is 0 Å². The lowest BCUT2D eigenvalue weighted by molar-refractivity contribution is 0.664. The molecule has 1 aliphatic rings. The topological polar surface area (TPSA) is 42.5 Å². The van der Waals surface area contributed by atoms with Crippen LogP contribution in [0.4, 0.5) is 0 Å². The summed E-state index contributed by atoms with van der Waals surface area (Å²) in [5.74, 6) is 0. The molecule has 50 heavy (non-hydrogen) atoms. The van der Waals surface area contributed by atoms with Gasteiger partial charge in [0.25, 0.3) is 0 Å². The van der Waals surface area contributed by atoms with Crippen molar-refractivity contribution in [1.82, 2.24) is 9.88 Å². The third kappa shape index (κ3) is 4.65. The fraction of sp³-hybridized carbons (Fsp3) is 0.0217. The van der Waals surface area contributed by atoms with E-state index >= 15 is 0 Å². The summed E-state index contributed by atoms with van der Waals surface area (Å²) >= 11 is 0. The fourth-order valence-corrected chi connectivity index (χ4v) is 7.45. The molecule has 0 saturated heterocycles. The number of nitrogens with zero attached hydrogens (tertiary/aromatic N) is 2. The average Bonchev–Trinajstić information content (AvgIpc) is 3.74. The number of allylic oxidation sites excluding steroid dienone is 1. The normalized spacial score (nSPS) is 14.6. The van der Waals surface area contributed by atoms with E-state index in [0.717, 1.165) is 66.8 Å². The van der Waals surface area contributed by atoms with Gasteiger partial charge in [0.1, 0.15) is 11.7 Å². The van der Waals surface area contributed by atoms with Gasteiger partial charge in [0, 0.05) is 27.2 Å². The molecule has 0 bridgehead atoms. The summed E-state index contributed by atoms with van der Waals surface area (Å²) in [6.07, 6.45) is 1.87. The van der Waals surface area contributed by atoms with Crippen LogP contribution in [0.25, 0.3) is 66.3 Å². The highest BCUT2D eigenvalue weighted by Gasteiger charge is 2.23. The largest absolute Gasteiger partial charge is 0.454 e. The quantitative estimate of drug-likeness (QED) is 0.203. The van der Waals surface area contributed by atoms with Crippen LogP contribution in [0, 0.1) is 0 Å². The Morgan fingerprint density at radius 2 is 1.16 bits per heavy atom. The van der Waals surface area contributed by atoms with Gasteiger partial charge in [0.05, 0.1) is 22.4 Å². The van der Waals surface area contributed by atoms with Gasteiger partial charge in [-0.25, -0.2) is 0 Å². The van der Waals surface area contributed by atoms with E-state index in [4.69, 9.17) is 9.41 Å². The summed E-state index contributed by atoms with van der Waals surface area (Å²) < 4.78 is 8.91. The highest BCUT2D eigenvalue weighted by molar-refractivity contribution is 6.14. The molecule has 0 saturated carbocycles. The standard InChI is InChI=1S/C46H31N3O/c1-3-13-30(14-4-1)32-17-11-18-33(27-32)40-29-39(31-15-5-2-6-16-31)47-46(48-40)34-25-26-36-35-19-7-9-22-41(35)49(43(36)28-34)42-23-12-21-38-37-20-8-10-24-44(37)50-45(38)42/h1-29,46,48H. The second kappa shape index (κ2) is 11.5. The number of aliphatic imine (C=N–C) groups is 1. The van der Waals surface area contributed by atoms with E-state index in [-0.39, 0.29) is 6.17 Å². The van der Waals surface area contributed by atoms with Gasteiger partial charge in [-0.2, -0.15) is 0 Å². The van der Waals surface area contributed by atoms with Gasteiger partial charge in [-0.15, -0.1) is 0 Å². The minimum Gasteiger partial charge on any atom is -0.454 e. The molecule has 1 unspecified atom stereocenters. The predicted molar refractivity (Wildman–Crippen MR) is 207 cm³/mol. The van der Waals surface area contributed by atoms with E-state index in [1.807, 2.05) is 18.2 Å². The molecule has 0 aliphatic carbocycles. The number of rotatable bonds is 5. The number of furan rings is 1. The number of benzene rings is 7. The Morgan fingerprint density at radius 1 is 0.500 bits per heavy atom. The molecule has 0 spiro atoms. The predicted octanol–water partition coefficient (Wildman–Crippen LogP) is 11.5. The molecule has 236 valence electrons. The summed E-state index contributed by atoms with van der Waals surface area (Å²) in [6.45, 7) is 0. The second-order valence-electron chi connectivity index (χ2n) is 12.8. The number of hydrogen-bond acceptors (Lipinski definition) is 3. The Labute approximate surface area is 289 Å². The first-order valence-corrected chi connectivity index (χ1v) is 17.0. The Kier molecular flexibility index (Phi) is 6.53. The van der Waals surface area contributed by atoms with Crippen LogP contribution in [0.15, 0.2) is 185 Å². The highest BCUT2D eigenvalue weighted by atomic mass is 16.3. The van der Waals surface area contributed by atoms with Gasteiger partial charge < -0.3 is 14.3 Å². The maximum atomic E-state index is 6.56. The van der Waals surface area contributed by atoms with E-state index in [1.165, 1.54) is 21.9 Å². The second-order valence-corrected chi connectivity index (χ2v) is 12.8. The molecular weight excluding hydrogens is 611 g/mol. The van der Waals surface area contributed by atoms with Crippen molar-refractivity contribution >= 4 is 55.2 Å². The molecule has 1 aliphatic heterocycles. The van der Waals surface area contributed by atoms with Crippen molar-refractivity contribution in [2.24, 2.45) is 4.99 Å². The summed E-state index contributed by atoms with van der Waals surface area (Å²) in [4.78, 5) is 5.32. The molecule has 0 amide bonds. The fourth-order valence-electron chi connectivity index (χ4n) is 7.45. The minimum absolute atomic E-state index is 0.302. The van der Waals surface area contributed by atoms with Crippen LogP contribution in [0.2, 0.25) is 0 Å². The number of hydrogen-bond donors (Lipinski definition) is 1. The lowest BCUT2D eigenvalue weighted by atomic mass is 9.98. The Bertz CT molecular complexity index is 2790. The van der Waals surface area contributed by atoms with Crippen LogP contribution in [-0.4, -0.2) is 10.3 Å². The number of nitrogens with one attached hydrogen (secondary N) is 1. The zero-order chi connectivity index (χ0) is 33.0. The SMILES string of the molecule is C1=C(c2cccc(-c3ccccc3)c2)NC(c2ccc3c4ccccc4n(-c4cccc5c4oc4ccccc45)c3c2)N=C1c1ccccc1. The van der Waals surface area contributed by atoms with Crippen molar-refractivity contribution in [3.05, 3.63) is 193 Å². The Morgan fingerprint density at radius 3 is 2.02 bits per heavy atom. The maximum absolute atomic E-state index is 6.56. The van der Waals surface area contributed by atoms with E-state index in [2.05, 4.69) is 168 Å². The van der Waals surface area contributed by atoms with E-state index in [9.17, 15) is 0 Å². The lowest BCUT2D eigenvalue weighted by Gasteiger charge is -2.25. The van der Waals surface area contributed by atoms with Crippen LogP contribution >= 0.6 is 0 Å². The third-order valence-electron chi connectivity index (χ3n) is 9.83. The van der Waals surface area contributed by atoms with Crippen molar-refractivity contribution in [3.63, 3.8) is 0 Å². The molecule has 0 radical (unpaired) electrons. The Hall–Kier alpha value is -6.65. The third-order valence-corrected chi connectivity index (χ3v) is 9.83. The molecule has 10 rings (SSSR count). The molecule has 1 N–H and O–H groups in total. The Balaban J connectivity index is 1.15. The maximum Gasteiger partial charge on any atom is 0.159 e. The van der Waals surface area contributed by atoms with Gasteiger partial charge >= 0.3 is 0 Å². The highest BCUT2D eigenvalue weighted by Crippen LogP contribution is 2.39. The molecule has 9 aromatic rings. The molecule has 4 nitrogen and oxygen atoms in total. The van der Waals surface area contributed by atoms with Crippen LogP contribution in [0.1, 0.15) is 22.9 Å². The van der Waals surface area contributed by atoms with Crippen LogP contribution < -0.4 is 5.32 Å². The molecule has 0 fully saturated rings. The molecule has 7 aromatic carbocycles. The molecule has 2 aromatic heterocycles. The first-order valence-electron chi connectivity index (χ1n) is 17.0. The molecule has 4 heteroatoms. The minimum atomic E-state index is -0.302. The van der Waals surface area contributed by atoms with Gasteiger partial charge in [-0.3, -0.25) is 4.99 Å². The summed E-state index contributed by atoms with van der Waals surface area (Å²) in [5.41, 5.74) is 12.7. The molecule has 1 atom stereocenters. The molecule has 3 heterocycles. The number of aromatic nitrogens is 1. The van der Waals surface area contributed by atoms with Crippen molar-refractivity contribution in [3.8, 4) is 16.8 Å². The van der Waals surface area contributed by atoms with Crippen LogP contribution in [-0.2, 0) is 0 Å². The van der Waals surface area contributed by atoms with Gasteiger partial charge in [0.15, 0.2) is 5.58 Å². The van der Waals surface area contributed by atoms with Crippen molar-refractivity contribution in [2.45, 2.75) is 6.17 Å². The summed E-state index contributed by atoms with van der Waals surface area (Å²) in [5, 5.41) is 8.43.